The molecule has 0 radical (unpaired) electrons. The standard InChI is InChI=1S/C18H22N2O/c1-18(2)10-15-14(16(21)11-18)8-9-17(20-15)19-12-13-6-4-3-5-7-13/h3-9,16,21H,10-12H2,1-2H3,(H,19,20). The molecule has 0 saturated carbocycles. The Morgan fingerprint density at radius 3 is 2.71 bits per heavy atom. The number of hydrogen-bond acceptors (Lipinski definition) is 3. The summed E-state index contributed by atoms with van der Waals surface area (Å²) in [6.07, 6.45) is 1.33. The van der Waals surface area contributed by atoms with Crippen LogP contribution in [0.4, 0.5) is 5.82 Å². The Balaban J connectivity index is 1.77. The van der Waals surface area contributed by atoms with E-state index < -0.39 is 0 Å². The van der Waals surface area contributed by atoms with E-state index in [1.807, 2.05) is 30.3 Å². The number of hydrogen-bond donors (Lipinski definition) is 2. The van der Waals surface area contributed by atoms with Gasteiger partial charge in [0.1, 0.15) is 5.82 Å². The molecule has 0 aliphatic heterocycles. The van der Waals surface area contributed by atoms with Crippen molar-refractivity contribution in [3.8, 4) is 0 Å². The fourth-order valence-corrected chi connectivity index (χ4v) is 3.00. The second kappa shape index (κ2) is 5.49. The number of aromatic nitrogens is 1. The van der Waals surface area contributed by atoms with Gasteiger partial charge in [-0.1, -0.05) is 50.2 Å². The van der Waals surface area contributed by atoms with E-state index in [0.717, 1.165) is 36.5 Å². The molecule has 0 fully saturated rings. The molecule has 2 aromatic rings. The molecule has 1 aromatic carbocycles. The van der Waals surface area contributed by atoms with Gasteiger partial charge in [0, 0.05) is 17.8 Å². The molecule has 0 amide bonds. The van der Waals surface area contributed by atoms with E-state index in [9.17, 15) is 5.11 Å². The zero-order valence-electron chi connectivity index (χ0n) is 12.6. The van der Waals surface area contributed by atoms with E-state index in [1.165, 1.54) is 5.56 Å². The van der Waals surface area contributed by atoms with Crippen LogP contribution in [0.25, 0.3) is 0 Å². The van der Waals surface area contributed by atoms with Crippen molar-refractivity contribution in [1.82, 2.24) is 4.98 Å². The number of aliphatic hydroxyl groups is 1. The Morgan fingerprint density at radius 2 is 1.95 bits per heavy atom. The lowest BCUT2D eigenvalue weighted by atomic mass is 9.75. The van der Waals surface area contributed by atoms with Crippen LogP contribution in [0.2, 0.25) is 0 Å². The van der Waals surface area contributed by atoms with Crippen LogP contribution in [0.15, 0.2) is 42.5 Å². The third kappa shape index (κ3) is 3.24. The van der Waals surface area contributed by atoms with Gasteiger partial charge in [-0.05, 0) is 29.9 Å². The summed E-state index contributed by atoms with van der Waals surface area (Å²) in [7, 11) is 0. The minimum Gasteiger partial charge on any atom is -0.388 e. The molecule has 2 N–H and O–H groups in total. The minimum atomic E-state index is -0.389. The van der Waals surface area contributed by atoms with Crippen molar-refractivity contribution < 1.29 is 5.11 Å². The maximum Gasteiger partial charge on any atom is 0.126 e. The van der Waals surface area contributed by atoms with Crippen molar-refractivity contribution in [3.63, 3.8) is 0 Å². The summed E-state index contributed by atoms with van der Waals surface area (Å²) in [4.78, 5) is 4.70. The van der Waals surface area contributed by atoms with Gasteiger partial charge in [0.2, 0.25) is 0 Å². The fraction of sp³-hybridized carbons (Fsp3) is 0.389. The fourth-order valence-electron chi connectivity index (χ4n) is 3.00. The lowest BCUT2D eigenvalue weighted by Crippen LogP contribution is -2.26. The van der Waals surface area contributed by atoms with Crippen LogP contribution >= 0.6 is 0 Å². The number of pyridine rings is 1. The van der Waals surface area contributed by atoms with Crippen LogP contribution < -0.4 is 5.32 Å². The number of nitrogens with one attached hydrogen (secondary N) is 1. The molecule has 1 heterocycles. The predicted molar refractivity (Wildman–Crippen MR) is 85.1 cm³/mol. The molecule has 0 spiro atoms. The third-order valence-corrected chi connectivity index (χ3v) is 4.08. The molecule has 0 bridgehead atoms. The lowest BCUT2D eigenvalue weighted by Gasteiger charge is -2.34. The first kappa shape index (κ1) is 14.1. The topological polar surface area (TPSA) is 45.2 Å². The molecule has 110 valence electrons. The number of anilines is 1. The van der Waals surface area contributed by atoms with Gasteiger partial charge in [-0.3, -0.25) is 0 Å². The SMILES string of the molecule is CC1(C)Cc2nc(NCc3ccccc3)ccc2C(O)C1. The van der Waals surface area contributed by atoms with E-state index in [1.54, 1.807) is 0 Å². The van der Waals surface area contributed by atoms with Crippen molar-refractivity contribution in [2.24, 2.45) is 5.41 Å². The Bertz CT molecular complexity index is 622. The number of nitrogens with zero attached hydrogens (tertiary/aromatic N) is 1. The number of aliphatic hydroxyl groups excluding tert-OH is 1. The van der Waals surface area contributed by atoms with Crippen LogP contribution in [0.1, 0.15) is 43.2 Å². The summed E-state index contributed by atoms with van der Waals surface area (Å²) in [6, 6.07) is 14.3. The highest BCUT2D eigenvalue weighted by atomic mass is 16.3. The molecular weight excluding hydrogens is 260 g/mol. The van der Waals surface area contributed by atoms with Gasteiger partial charge in [0.15, 0.2) is 0 Å². The second-order valence-corrected chi connectivity index (χ2v) is 6.63. The minimum absolute atomic E-state index is 0.109. The molecule has 3 heteroatoms. The van der Waals surface area contributed by atoms with E-state index in [0.29, 0.717) is 0 Å². The molecule has 1 unspecified atom stereocenters. The molecule has 1 atom stereocenters. The van der Waals surface area contributed by atoms with Gasteiger partial charge >= 0.3 is 0 Å². The zero-order chi connectivity index (χ0) is 14.9. The second-order valence-electron chi connectivity index (χ2n) is 6.63. The highest BCUT2D eigenvalue weighted by Gasteiger charge is 2.32. The first-order valence-corrected chi connectivity index (χ1v) is 7.49. The average Bonchev–Trinajstić information content (AvgIpc) is 2.44. The van der Waals surface area contributed by atoms with Crippen LogP contribution in [-0.2, 0) is 13.0 Å². The largest absolute Gasteiger partial charge is 0.388 e. The Kier molecular flexibility index (Phi) is 3.68. The molecule has 3 rings (SSSR count). The lowest BCUT2D eigenvalue weighted by molar-refractivity contribution is 0.0983. The molecule has 21 heavy (non-hydrogen) atoms. The van der Waals surface area contributed by atoms with Crippen LogP contribution in [0, 0.1) is 5.41 Å². The van der Waals surface area contributed by atoms with Crippen LogP contribution in [0.3, 0.4) is 0 Å². The third-order valence-electron chi connectivity index (χ3n) is 4.08. The van der Waals surface area contributed by atoms with E-state index in [4.69, 9.17) is 4.98 Å². The van der Waals surface area contributed by atoms with E-state index >= 15 is 0 Å². The first-order valence-electron chi connectivity index (χ1n) is 7.49. The smallest absolute Gasteiger partial charge is 0.126 e. The quantitative estimate of drug-likeness (QED) is 0.902. The maximum atomic E-state index is 10.2. The van der Waals surface area contributed by atoms with Crippen molar-refractivity contribution in [3.05, 3.63) is 59.3 Å². The number of fused-ring (bicyclic) bond motifs is 1. The monoisotopic (exact) mass is 282 g/mol. The van der Waals surface area contributed by atoms with Gasteiger partial charge in [-0.25, -0.2) is 4.98 Å². The first-order chi connectivity index (χ1) is 10.0. The summed E-state index contributed by atoms with van der Waals surface area (Å²) in [5.41, 5.74) is 3.35. The molecular formula is C18H22N2O. The highest BCUT2D eigenvalue weighted by Crippen LogP contribution is 2.40. The van der Waals surface area contributed by atoms with Crippen molar-refractivity contribution in [1.29, 1.82) is 0 Å². The van der Waals surface area contributed by atoms with Crippen molar-refractivity contribution >= 4 is 5.82 Å². The summed E-state index contributed by atoms with van der Waals surface area (Å²) in [5, 5.41) is 13.6. The average molecular weight is 282 g/mol. The molecule has 1 aromatic heterocycles. The van der Waals surface area contributed by atoms with Crippen LogP contribution in [-0.4, -0.2) is 10.1 Å². The summed E-state index contributed by atoms with van der Waals surface area (Å²) >= 11 is 0. The molecule has 3 nitrogen and oxygen atoms in total. The summed E-state index contributed by atoms with van der Waals surface area (Å²) in [6.45, 7) is 5.13. The summed E-state index contributed by atoms with van der Waals surface area (Å²) < 4.78 is 0. The molecule has 0 saturated heterocycles. The number of benzene rings is 1. The van der Waals surface area contributed by atoms with Gasteiger partial charge in [0.25, 0.3) is 0 Å². The van der Waals surface area contributed by atoms with E-state index in [2.05, 4.69) is 31.3 Å². The Labute approximate surface area is 126 Å². The Hall–Kier alpha value is -1.87. The molecule has 1 aliphatic carbocycles. The summed E-state index contributed by atoms with van der Waals surface area (Å²) in [5.74, 6) is 0.877. The van der Waals surface area contributed by atoms with E-state index in [-0.39, 0.29) is 11.5 Å². The van der Waals surface area contributed by atoms with Gasteiger partial charge in [0.05, 0.1) is 6.10 Å². The van der Waals surface area contributed by atoms with Gasteiger partial charge in [-0.15, -0.1) is 0 Å². The molecule has 1 aliphatic rings. The maximum absolute atomic E-state index is 10.2. The van der Waals surface area contributed by atoms with Crippen molar-refractivity contribution in [2.75, 3.05) is 5.32 Å². The number of rotatable bonds is 3. The van der Waals surface area contributed by atoms with Gasteiger partial charge < -0.3 is 10.4 Å². The van der Waals surface area contributed by atoms with Crippen LogP contribution in [0.5, 0.6) is 0 Å². The van der Waals surface area contributed by atoms with Crippen molar-refractivity contribution in [2.45, 2.75) is 39.3 Å². The predicted octanol–water partition coefficient (Wildman–Crippen LogP) is 3.70. The normalized spacial score (nSPS) is 19.9. The highest BCUT2D eigenvalue weighted by molar-refractivity contribution is 5.41. The Morgan fingerprint density at radius 1 is 1.19 bits per heavy atom. The van der Waals surface area contributed by atoms with Gasteiger partial charge in [-0.2, -0.15) is 0 Å². The zero-order valence-corrected chi connectivity index (χ0v) is 12.6.